The molecule has 1 aromatic heterocycles. The average Bonchev–Trinajstić information content (AvgIpc) is 2.73. The Hall–Kier alpha value is -1.32. The number of fused-ring (bicyclic) bond motifs is 1. The van der Waals surface area contributed by atoms with Crippen molar-refractivity contribution in [2.45, 2.75) is 31.8 Å². The molecule has 94 valence electrons. The molecule has 0 bridgehead atoms. The fraction of sp³-hybridized carbons (Fsp3) is 0.357. The molecule has 4 heteroatoms. The van der Waals surface area contributed by atoms with E-state index in [2.05, 4.69) is 21.8 Å². The highest BCUT2D eigenvalue weighted by atomic mass is 35.5. The SMILES string of the molecule is NC1CCCc2nc(Cc3cccc(Cl)c3)cn21. The van der Waals surface area contributed by atoms with Gasteiger partial charge < -0.3 is 10.3 Å². The molecule has 1 aliphatic rings. The molecule has 2 N–H and O–H groups in total. The summed E-state index contributed by atoms with van der Waals surface area (Å²) in [6, 6.07) is 7.92. The van der Waals surface area contributed by atoms with E-state index in [1.807, 2.05) is 18.2 Å². The highest BCUT2D eigenvalue weighted by Crippen LogP contribution is 2.22. The zero-order chi connectivity index (χ0) is 12.5. The molecule has 0 amide bonds. The molecule has 2 heterocycles. The summed E-state index contributed by atoms with van der Waals surface area (Å²) in [5.41, 5.74) is 8.34. The molecule has 0 saturated heterocycles. The number of rotatable bonds is 2. The van der Waals surface area contributed by atoms with Crippen LogP contribution in [0, 0.1) is 0 Å². The summed E-state index contributed by atoms with van der Waals surface area (Å²) in [4.78, 5) is 4.67. The first kappa shape index (κ1) is 11.8. The molecule has 1 atom stereocenters. The van der Waals surface area contributed by atoms with Gasteiger partial charge in [-0.3, -0.25) is 0 Å². The molecule has 18 heavy (non-hydrogen) atoms. The van der Waals surface area contributed by atoms with Crippen molar-refractivity contribution < 1.29 is 0 Å². The first-order valence-electron chi connectivity index (χ1n) is 6.29. The van der Waals surface area contributed by atoms with E-state index in [-0.39, 0.29) is 6.17 Å². The second kappa shape index (κ2) is 4.75. The maximum atomic E-state index is 6.08. The topological polar surface area (TPSA) is 43.8 Å². The summed E-state index contributed by atoms with van der Waals surface area (Å²) in [5.74, 6) is 1.12. The minimum absolute atomic E-state index is 0.0920. The van der Waals surface area contributed by atoms with Crippen LogP contribution in [0.2, 0.25) is 5.02 Å². The number of aromatic nitrogens is 2. The Morgan fingerprint density at radius 1 is 1.44 bits per heavy atom. The van der Waals surface area contributed by atoms with E-state index >= 15 is 0 Å². The summed E-state index contributed by atoms with van der Waals surface area (Å²) in [5, 5.41) is 0.771. The van der Waals surface area contributed by atoms with Crippen molar-refractivity contribution in [3.05, 3.63) is 52.6 Å². The lowest BCUT2D eigenvalue weighted by molar-refractivity contribution is 0.408. The summed E-state index contributed by atoms with van der Waals surface area (Å²) >= 11 is 5.99. The fourth-order valence-corrected chi connectivity index (χ4v) is 2.72. The van der Waals surface area contributed by atoms with Gasteiger partial charge in [-0.1, -0.05) is 23.7 Å². The number of hydrogen-bond donors (Lipinski definition) is 1. The van der Waals surface area contributed by atoms with Gasteiger partial charge in [0.05, 0.1) is 11.9 Å². The molecule has 2 aromatic rings. The summed E-state index contributed by atoms with van der Waals surface area (Å²) < 4.78 is 2.11. The third-order valence-electron chi connectivity index (χ3n) is 3.39. The van der Waals surface area contributed by atoms with Crippen LogP contribution < -0.4 is 5.73 Å². The Morgan fingerprint density at radius 3 is 3.11 bits per heavy atom. The van der Waals surface area contributed by atoms with E-state index in [4.69, 9.17) is 17.3 Å². The molecular formula is C14H16ClN3. The molecule has 1 aromatic carbocycles. The minimum Gasteiger partial charge on any atom is -0.319 e. The predicted molar refractivity (Wildman–Crippen MR) is 72.6 cm³/mol. The predicted octanol–water partition coefficient (Wildman–Crippen LogP) is 2.92. The highest BCUT2D eigenvalue weighted by molar-refractivity contribution is 6.30. The molecular weight excluding hydrogens is 246 g/mol. The van der Waals surface area contributed by atoms with Gasteiger partial charge >= 0.3 is 0 Å². The lowest BCUT2D eigenvalue weighted by atomic mass is 10.1. The summed E-state index contributed by atoms with van der Waals surface area (Å²) in [6.45, 7) is 0. The van der Waals surface area contributed by atoms with Crippen LogP contribution in [0.25, 0.3) is 0 Å². The molecule has 1 unspecified atom stereocenters. The number of benzene rings is 1. The van der Waals surface area contributed by atoms with E-state index in [0.717, 1.165) is 42.2 Å². The molecule has 0 spiro atoms. The quantitative estimate of drug-likeness (QED) is 0.903. The zero-order valence-corrected chi connectivity index (χ0v) is 10.9. The summed E-state index contributed by atoms with van der Waals surface area (Å²) in [6.07, 6.45) is 6.19. The van der Waals surface area contributed by atoms with Crippen molar-refractivity contribution in [1.82, 2.24) is 9.55 Å². The van der Waals surface area contributed by atoms with Crippen molar-refractivity contribution in [2.24, 2.45) is 5.73 Å². The maximum absolute atomic E-state index is 6.08. The number of nitrogens with zero attached hydrogens (tertiary/aromatic N) is 2. The van der Waals surface area contributed by atoms with Gasteiger partial charge in [-0.05, 0) is 30.5 Å². The van der Waals surface area contributed by atoms with Crippen molar-refractivity contribution in [1.29, 1.82) is 0 Å². The molecule has 0 saturated carbocycles. The lowest BCUT2D eigenvalue weighted by Crippen LogP contribution is -2.24. The molecule has 0 radical (unpaired) electrons. The largest absolute Gasteiger partial charge is 0.319 e. The Bertz CT molecular complexity index is 562. The maximum Gasteiger partial charge on any atom is 0.110 e. The number of imidazole rings is 1. The van der Waals surface area contributed by atoms with Crippen LogP contribution in [0.1, 0.15) is 36.1 Å². The molecule has 3 rings (SSSR count). The first-order valence-corrected chi connectivity index (χ1v) is 6.67. The smallest absolute Gasteiger partial charge is 0.110 e. The zero-order valence-electron chi connectivity index (χ0n) is 10.1. The third kappa shape index (κ3) is 2.28. The number of halogens is 1. The van der Waals surface area contributed by atoms with E-state index in [1.54, 1.807) is 0 Å². The van der Waals surface area contributed by atoms with Crippen molar-refractivity contribution >= 4 is 11.6 Å². The average molecular weight is 262 g/mol. The van der Waals surface area contributed by atoms with Gasteiger partial charge in [0.25, 0.3) is 0 Å². The number of hydrogen-bond acceptors (Lipinski definition) is 2. The van der Waals surface area contributed by atoms with Crippen LogP contribution in [0.15, 0.2) is 30.5 Å². The molecule has 0 fully saturated rings. The van der Waals surface area contributed by atoms with Crippen molar-refractivity contribution in [3.8, 4) is 0 Å². The van der Waals surface area contributed by atoms with E-state index in [0.29, 0.717) is 0 Å². The number of aryl methyl sites for hydroxylation is 1. The first-order chi connectivity index (χ1) is 8.72. The van der Waals surface area contributed by atoms with Crippen LogP contribution in [-0.2, 0) is 12.8 Å². The van der Waals surface area contributed by atoms with Gasteiger partial charge in [-0.25, -0.2) is 4.98 Å². The Balaban J connectivity index is 1.85. The molecule has 0 aliphatic carbocycles. The van der Waals surface area contributed by atoms with Crippen LogP contribution in [0.3, 0.4) is 0 Å². The third-order valence-corrected chi connectivity index (χ3v) is 3.63. The summed E-state index contributed by atoms with van der Waals surface area (Å²) in [7, 11) is 0. The van der Waals surface area contributed by atoms with Gasteiger partial charge in [0, 0.05) is 24.1 Å². The normalized spacial score (nSPS) is 18.7. The van der Waals surface area contributed by atoms with E-state index in [9.17, 15) is 0 Å². The van der Waals surface area contributed by atoms with Gasteiger partial charge in [0.2, 0.25) is 0 Å². The fourth-order valence-electron chi connectivity index (χ4n) is 2.51. The van der Waals surface area contributed by atoms with Crippen LogP contribution in [0.4, 0.5) is 0 Å². The number of nitrogens with two attached hydrogens (primary N) is 1. The molecule has 1 aliphatic heterocycles. The monoisotopic (exact) mass is 261 g/mol. The van der Waals surface area contributed by atoms with Gasteiger partial charge in [-0.2, -0.15) is 0 Å². The van der Waals surface area contributed by atoms with Crippen molar-refractivity contribution in [3.63, 3.8) is 0 Å². The second-order valence-electron chi connectivity index (χ2n) is 4.82. The van der Waals surface area contributed by atoms with E-state index in [1.165, 1.54) is 5.56 Å². The Labute approximate surface area is 112 Å². The minimum atomic E-state index is 0.0920. The van der Waals surface area contributed by atoms with Crippen LogP contribution >= 0.6 is 11.6 Å². The van der Waals surface area contributed by atoms with Gasteiger partial charge in [0.1, 0.15) is 5.82 Å². The van der Waals surface area contributed by atoms with Crippen LogP contribution in [0.5, 0.6) is 0 Å². The van der Waals surface area contributed by atoms with Crippen molar-refractivity contribution in [2.75, 3.05) is 0 Å². The van der Waals surface area contributed by atoms with Crippen LogP contribution in [-0.4, -0.2) is 9.55 Å². The standard InChI is InChI=1S/C14H16ClN3/c15-11-4-1-3-10(7-11)8-12-9-18-13(16)5-2-6-14(18)17-12/h1,3-4,7,9,13H,2,5-6,8,16H2. The highest BCUT2D eigenvalue weighted by Gasteiger charge is 2.18. The Kier molecular flexibility index (Phi) is 3.10. The van der Waals surface area contributed by atoms with E-state index < -0.39 is 0 Å². The second-order valence-corrected chi connectivity index (χ2v) is 5.26. The molecule has 3 nitrogen and oxygen atoms in total. The van der Waals surface area contributed by atoms with Gasteiger partial charge in [-0.15, -0.1) is 0 Å². The Morgan fingerprint density at radius 2 is 2.33 bits per heavy atom. The lowest BCUT2D eigenvalue weighted by Gasteiger charge is -2.20. The van der Waals surface area contributed by atoms with Gasteiger partial charge in [0.15, 0.2) is 0 Å².